The van der Waals surface area contributed by atoms with Gasteiger partial charge >= 0.3 is 6.18 Å². The fourth-order valence-electron chi connectivity index (χ4n) is 1.60. The maximum atomic E-state index is 12.4. The summed E-state index contributed by atoms with van der Waals surface area (Å²) in [6, 6.07) is 4.68. The first kappa shape index (κ1) is 15.8. The Morgan fingerprint density at radius 3 is 2.58 bits per heavy atom. The highest BCUT2D eigenvalue weighted by atomic mass is 32.1. The van der Waals surface area contributed by atoms with E-state index in [0.29, 0.717) is 15.4 Å². The quantitative estimate of drug-likeness (QED) is 0.836. The molecule has 1 amide bonds. The predicted molar refractivity (Wildman–Crippen MR) is 67.5 cm³/mol. The molecule has 0 aliphatic carbocycles. The summed E-state index contributed by atoms with van der Waals surface area (Å²) in [5.74, 6) is -0.764. The van der Waals surface area contributed by atoms with Crippen LogP contribution in [0.2, 0.25) is 0 Å². The van der Waals surface area contributed by atoms with E-state index in [9.17, 15) is 18.0 Å². The zero-order chi connectivity index (χ0) is 14.6. The van der Waals surface area contributed by atoms with Crippen molar-refractivity contribution in [2.75, 3.05) is 19.7 Å². The topological polar surface area (TPSA) is 40.5 Å². The molecule has 106 valence electrons. The molecule has 0 spiro atoms. The van der Waals surface area contributed by atoms with Crippen LogP contribution in [0.5, 0.6) is 0 Å². The van der Waals surface area contributed by atoms with Gasteiger partial charge in [-0.2, -0.15) is 13.2 Å². The number of carbonyl (C=O) groups is 1. The maximum Gasteiger partial charge on any atom is 0.406 e. The Kier molecular flexibility index (Phi) is 5.25. The fraction of sp³-hybridized carbons (Fsp3) is 0.417. The first-order valence-corrected chi connectivity index (χ1v) is 5.96. The number of alkyl halides is 3. The highest BCUT2D eigenvalue weighted by Crippen LogP contribution is 2.20. The summed E-state index contributed by atoms with van der Waals surface area (Å²) < 4.78 is 37.2. The zero-order valence-corrected chi connectivity index (χ0v) is 11.1. The van der Waals surface area contributed by atoms with Gasteiger partial charge in [-0.3, -0.25) is 4.79 Å². The lowest BCUT2D eigenvalue weighted by Crippen LogP contribution is -2.40. The van der Waals surface area contributed by atoms with Crippen molar-refractivity contribution in [3.63, 3.8) is 0 Å². The second kappa shape index (κ2) is 6.29. The van der Waals surface area contributed by atoms with Crippen molar-refractivity contribution < 1.29 is 23.1 Å². The van der Waals surface area contributed by atoms with Crippen molar-refractivity contribution in [3.8, 4) is 0 Å². The number of aryl methyl sites for hydroxylation is 1. The molecule has 0 saturated heterocycles. The first-order chi connectivity index (χ1) is 8.74. The SMILES string of the molecule is Cc1ccc(S)cc1C(=O)N(CCO)CC(F)(F)F. The number of thiol groups is 1. The molecule has 0 bridgehead atoms. The molecule has 0 aliphatic heterocycles. The lowest BCUT2D eigenvalue weighted by atomic mass is 10.1. The maximum absolute atomic E-state index is 12.4. The van der Waals surface area contributed by atoms with Gasteiger partial charge in [-0.15, -0.1) is 12.6 Å². The zero-order valence-electron chi connectivity index (χ0n) is 10.2. The summed E-state index contributed by atoms with van der Waals surface area (Å²) >= 11 is 4.06. The minimum atomic E-state index is -4.50. The van der Waals surface area contributed by atoms with Gasteiger partial charge in [-0.05, 0) is 24.6 Å². The number of benzene rings is 1. The van der Waals surface area contributed by atoms with E-state index in [1.807, 2.05) is 0 Å². The molecule has 1 aromatic carbocycles. The Balaban J connectivity index is 3.02. The van der Waals surface area contributed by atoms with Crippen molar-refractivity contribution in [1.82, 2.24) is 4.90 Å². The minimum absolute atomic E-state index is 0.158. The van der Waals surface area contributed by atoms with Crippen molar-refractivity contribution in [2.45, 2.75) is 18.0 Å². The van der Waals surface area contributed by atoms with Crippen molar-refractivity contribution in [3.05, 3.63) is 29.3 Å². The third-order valence-electron chi connectivity index (χ3n) is 2.48. The minimum Gasteiger partial charge on any atom is -0.395 e. The van der Waals surface area contributed by atoms with Crippen LogP contribution in [-0.4, -0.2) is 41.8 Å². The summed E-state index contributed by atoms with van der Waals surface area (Å²) in [6.45, 7) is -0.649. The highest BCUT2D eigenvalue weighted by molar-refractivity contribution is 7.80. The van der Waals surface area contributed by atoms with Gasteiger partial charge in [0.05, 0.1) is 6.61 Å². The molecule has 19 heavy (non-hydrogen) atoms. The van der Waals surface area contributed by atoms with Crippen LogP contribution in [0.15, 0.2) is 23.1 Å². The molecule has 0 unspecified atom stereocenters. The molecule has 0 saturated carbocycles. The molecule has 3 nitrogen and oxygen atoms in total. The molecule has 0 aromatic heterocycles. The smallest absolute Gasteiger partial charge is 0.395 e. The van der Waals surface area contributed by atoms with Crippen LogP contribution in [0.4, 0.5) is 13.2 Å². The van der Waals surface area contributed by atoms with Gasteiger partial charge < -0.3 is 10.0 Å². The van der Waals surface area contributed by atoms with Crippen LogP contribution < -0.4 is 0 Å². The summed E-state index contributed by atoms with van der Waals surface area (Å²) in [5.41, 5.74) is 0.720. The molecule has 0 fully saturated rings. The van der Waals surface area contributed by atoms with Crippen molar-refractivity contribution >= 4 is 18.5 Å². The molecule has 1 aromatic rings. The average Bonchev–Trinajstić information content (AvgIpc) is 2.29. The second-order valence-corrected chi connectivity index (χ2v) is 4.58. The van der Waals surface area contributed by atoms with Crippen LogP contribution in [0.3, 0.4) is 0 Å². The van der Waals surface area contributed by atoms with E-state index < -0.39 is 25.2 Å². The fourth-order valence-corrected chi connectivity index (χ4v) is 1.80. The first-order valence-electron chi connectivity index (χ1n) is 5.51. The number of nitrogens with zero attached hydrogens (tertiary/aromatic N) is 1. The van der Waals surface area contributed by atoms with Gasteiger partial charge in [0.2, 0.25) is 0 Å². The number of halogens is 3. The Bertz CT molecular complexity index is 463. The molecule has 1 rings (SSSR count). The van der Waals surface area contributed by atoms with E-state index in [1.165, 1.54) is 6.07 Å². The third kappa shape index (κ3) is 4.76. The van der Waals surface area contributed by atoms with E-state index in [2.05, 4.69) is 12.6 Å². The van der Waals surface area contributed by atoms with Gasteiger partial charge in [0.15, 0.2) is 0 Å². The lowest BCUT2D eigenvalue weighted by Gasteiger charge is -2.24. The van der Waals surface area contributed by atoms with Crippen LogP contribution in [0.25, 0.3) is 0 Å². The van der Waals surface area contributed by atoms with Crippen molar-refractivity contribution in [1.29, 1.82) is 0 Å². The Hall–Kier alpha value is -1.21. The summed E-state index contributed by atoms with van der Waals surface area (Å²) in [6.07, 6.45) is -4.50. The van der Waals surface area contributed by atoms with Gasteiger partial charge in [-0.25, -0.2) is 0 Å². The molecule has 0 heterocycles. The molecule has 0 atom stereocenters. The number of rotatable bonds is 4. The second-order valence-electron chi connectivity index (χ2n) is 4.06. The van der Waals surface area contributed by atoms with Crippen molar-refractivity contribution in [2.24, 2.45) is 0 Å². The number of aliphatic hydroxyl groups excluding tert-OH is 1. The van der Waals surface area contributed by atoms with E-state index in [-0.39, 0.29) is 12.1 Å². The van der Waals surface area contributed by atoms with E-state index in [0.717, 1.165) is 0 Å². The standard InChI is InChI=1S/C12H14F3NO2S/c1-8-2-3-9(19)6-10(8)11(18)16(4-5-17)7-12(13,14)15/h2-3,6,17,19H,4-5,7H2,1H3. The van der Waals surface area contributed by atoms with Gasteiger partial charge in [-0.1, -0.05) is 6.07 Å². The highest BCUT2D eigenvalue weighted by Gasteiger charge is 2.33. The number of carbonyl (C=O) groups excluding carboxylic acids is 1. The normalized spacial score (nSPS) is 11.5. The van der Waals surface area contributed by atoms with Gasteiger partial charge in [0.1, 0.15) is 6.54 Å². The van der Waals surface area contributed by atoms with E-state index in [1.54, 1.807) is 19.1 Å². The summed E-state index contributed by atoms with van der Waals surface area (Å²) in [5, 5.41) is 8.78. The van der Waals surface area contributed by atoms with Crippen LogP contribution in [0.1, 0.15) is 15.9 Å². The summed E-state index contributed by atoms with van der Waals surface area (Å²) in [4.78, 5) is 13.1. The number of hydrogen-bond donors (Lipinski definition) is 2. The summed E-state index contributed by atoms with van der Waals surface area (Å²) in [7, 11) is 0. The van der Waals surface area contributed by atoms with Gasteiger partial charge in [0.25, 0.3) is 5.91 Å². The molecule has 0 aliphatic rings. The number of amides is 1. The Labute approximate surface area is 114 Å². The number of aliphatic hydroxyl groups is 1. The van der Waals surface area contributed by atoms with Crippen LogP contribution in [0, 0.1) is 6.92 Å². The van der Waals surface area contributed by atoms with Crippen LogP contribution in [-0.2, 0) is 0 Å². The Morgan fingerprint density at radius 2 is 2.05 bits per heavy atom. The molecular formula is C12H14F3NO2S. The molecular weight excluding hydrogens is 279 g/mol. The van der Waals surface area contributed by atoms with Gasteiger partial charge in [0, 0.05) is 17.0 Å². The third-order valence-corrected chi connectivity index (χ3v) is 2.76. The predicted octanol–water partition coefficient (Wildman–Crippen LogP) is 2.28. The molecule has 1 N–H and O–H groups in total. The number of hydrogen-bond acceptors (Lipinski definition) is 3. The van der Waals surface area contributed by atoms with Crippen LogP contribution >= 0.6 is 12.6 Å². The monoisotopic (exact) mass is 293 g/mol. The van der Waals surface area contributed by atoms with E-state index in [4.69, 9.17) is 5.11 Å². The molecule has 0 radical (unpaired) electrons. The van der Waals surface area contributed by atoms with E-state index >= 15 is 0 Å². The largest absolute Gasteiger partial charge is 0.406 e. The average molecular weight is 293 g/mol. The molecule has 7 heteroatoms. The lowest BCUT2D eigenvalue weighted by molar-refractivity contribution is -0.141. The Morgan fingerprint density at radius 1 is 1.42 bits per heavy atom.